The van der Waals surface area contributed by atoms with Gasteiger partial charge in [0.15, 0.2) is 4.11 Å². The molecule has 0 saturated heterocycles. The molecule has 0 amide bonds. The minimum absolute atomic E-state index is 0.0666. The Morgan fingerprint density at radius 1 is 1.58 bits per heavy atom. The van der Waals surface area contributed by atoms with Gasteiger partial charge in [0.25, 0.3) is 0 Å². The summed E-state index contributed by atoms with van der Waals surface area (Å²) in [4.78, 5) is 11.0. The molecule has 0 aromatic rings. The third kappa shape index (κ3) is 4.80. The van der Waals surface area contributed by atoms with Gasteiger partial charge in [-0.2, -0.15) is 0 Å². The number of nitrogens with two attached hydrogens (primary N) is 1. The Bertz CT molecular complexity index is 165. The Hall–Kier alpha value is 0.890. The van der Waals surface area contributed by atoms with E-state index in [1.807, 2.05) is 13.8 Å². The number of carbonyl (C=O) groups is 1. The summed E-state index contributed by atoms with van der Waals surface area (Å²) >= 11 is 4.32. The Kier molecular flexibility index (Phi) is 5.31. The van der Waals surface area contributed by atoms with Crippen molar-refractivity contribution in [3.8, 4) is 0 Å². The van der Waals surface area contributed by atoms with Crippen LogP contribution in [0.15, 0.2) is 0 Å². The predicted molar refractivity (Wildman–Crippen MR) is 65.6 cm³/mol. The SMILES string of the molecule is CC(N)C(=O)OC(I)C(C)(C)I. The van der Waals surface area contributed by atoms with Gasteiger partial charge < -0.3 is 10.5 Å². The van der Waals surface area contributed by atoms with E-state index in [-0.39, 0.29) is 13.5 Å². The highest BCUT2D eigenvalue weighted by Gasteiger charge is 2.28. The number of esters is 1. The summed E-state index contributed by atoms with van der Waals surface area (Å²) in [5.74, 6) is -0.348. The maximum atomic E-state index is 11.0. The van der Waals surface area contributed by atoms with Gasteiger partial charge in [-0.15, -0.1) is 0 Å². The molecular weight excluding hydrogens is 384 g/mol. The fourth-order valence-electron chi connectivity index (χ4n) is 0.349. The summed E-state index contributed by atoms with van der Waals surface area (Å²) < 4.78 is 4.88. The number of hydrogen-bond donors (Lipinski definition) is 1. The molecule has 0 bridgehead atoms. The summed E-state index contributed by atoms with van der Waals surface area (Å²) in [7, 11) is 0. The van der Waals surface area contributed by atoms with Gasteiger partial charge in [0, 0.05) is 0 Å². The van der Waals surface area contributed by atoms with Crippen molar-refractivity contribution in [1.82, 2.24) is 0 Å². The van der Waals surface area contributed by atoms with E-state index in [9.17, 15) is 4.79 Å². The third-order valence-corrected chi connectivity index (χ3v) is 4.70. The quantitative estimate of drug-likeness (QED) is 0.450. The number of halogens is 2. The number of rotatable bonds is 3. The molecule has 2 unspecified atom stereocenters. The molecule has 0 radical (unpaired) electrons. The lowest BCUT2D eigenvalue weighted by Gasteiger charge is -2.24. The highest BCUT2D eigenvalue weighted by molar-refractivity contribution is 14.1. The highest BCUT2D eigenvalue weighted by Crippen LogP contribution is 2.28. The number of hydrogen-bond acceptors (Lipinski definition) is 3. The van der Waals surface area contributed by atoms with Gasteiger partial charge in [-0.3, -0.25) is 4.79 Å². The zero-order valence-corrected chi connectivity index (χ0v) is 11.6. The second kappa shape index (κ2) is 4.94. The molecule has 0 aromatic heterocycles. The van der Waals surface area contributed by atoms with Gasteiger partial charge in [-0.05, 0) is 43.4 Å². The van der Waals surface area contributed by atoms with Crippen LogP contribution in [-0.4, -0.2) is 19.5 Å². The van der Waals surface area contributed by atoms with E-state index in [1.165, 1.54) is 0 Å². The molecule has 0 saturated carbocycles. The van der Waals surface area contributed by atoms with Crippen molar-refractivity contribution in [3.05, 3.63) is 0 Å². The molecule has 12 heavy (non-hydrogen) atoms. The van der Waals surface area contributed by atoms with Crippen molar-refractivity contribution in [2.75, 3.05) is 0 Å². The van der Waals surface area contributed by atoms with Crippen LogP contribution in [0, 0.1) is 0 Å². The van der Waals surface area contributed by atoms with Gasteiger partial charge in [0.2, 0.25) is 0 Å². The minimum atomic E-state index is -0.541. The number of alkyl halides is 2. The van der Waals surface area contributed by atoms with Crippen LogP contribution in [0.25, 0.3) is 0 Å². The van der Waals surface area contributed by atoms with Crippen LogP contribution in [0.1, 0.15) is 20.8 Å². The largest absolute Gasteiger partial charge is 0.449 e. The first-order valence-corrected chi connectivity index (χ1v) is 5.86. The molecular formula is C7H13I2NO2. The lowest BCUT2D eigenvalue weighted by Crippen LogP contribution is -2.36. The Morgan fingerprint density at radius 2 is 2.00 bits per heavy atom. The lowest BCUT2D eigenvalue weighted by molar-refractivity contribution is -0.146. The fraction of sp³-hybridized carbons (Fsp3) is 0.857. The minimum Gasteiger partial charge on any atom is -0.449 e. The van der Waals surface area contributed by atoms with Crippen LogP contribution >= 0.6 is 45.2 Å². The molecule has 0 aliphatic carbocycles. The summed E-state index contributed by atoms with van der Waals surface area (Å²) in [6.45, 7) is 5.62. The second-order valence-electron chi connectivity index (χ2n) is 3.11. The lowest BCUT2D eigenvalue weighted by atomic mass is 10.2. The van der Waals surface area contributed by atoms with Gasteiger partial charge in [0.05, 0.1) is 3.42 Å². The topological polar surface area (TPSA) is 52.3 Å². The van der Waals surface area contributed by atoms with Crippen molar-refractivity contribution < 1.29 is 9.53 Å². The molecule has 72 valence electrons. The average molecular weight is 397 g/mol. The number of carbonyl (C=O) groups excluding carboxylic acids is 1. The van der Waals surface area contributed by atoms with E-state index in [1.54, 1.807) is 6.92 Å². The predicted octanol–water partition coefficient (Wildman–Crippen LogP) is 1.85. The van der Waals surface area contributed by atoms with Crippen LogP contribution < -0.4 is 5.73 Å². The molecule has 2 N–H and O–H groups in total. The first-order chi connectivity index (χ1) is 5.25. The Morgan fingerprint density at radius 3 is 2.25 bits per heavy atom. The highest BCUT2D eigenvalue weighted by atomic mass is 127. The van der Waals surface area contributed by atoms with E-state index in [0.717, 1.165) is 0 Å². The maximum Gasteiger partial charge on any atom is 0.323 e. The van der Waals surface area contributed by atoms with Crippen LogP contribution in [0.4, 0.5) is 0 Å². The second-order valence-corrected chi connectivity index (χ2v) is 7.02. The summed E-state index contributed by atoms with van der Waals surface area (Å²) in [6, 6.07) is -0.541. The molecule has 0 rings (SSSR count). The van der Waals surface area contributed by atoms with Crippen LogP contribution in [0.5, 0.6) is 0 Å². The molecule has 0 aromatic carbocycles. The molecule has 0 aliphatic rings. The van der Waals surface area contributed by atoms with Crippen LogP contribution in [0.3, 0.4) is 0 Å². The standard InChI is InChI=1S/C7H13I2NO2/c1-4(10)5(11)12-6(8)7(2,3)9/h4,6H,10H2,1-3H3. The molecule has 0 heterocycles. The van der Waals surface area contributed by atoms with Gasteiger partial charge in [-0.1, -0.05) is 22.6 Å². The van der Waals surface area contributed by atoms with Crippen LogP contribution in [0.2, 0.25) is 0 Å². The Balaban J connectivity index is 4.02. The van der Waals surface area contributed by atoms with E-state index in [2.05, 4.69) is 45.2 Å². The van der Waals surface area contributed by atoms with Crippen LogP contribution in [-0.2, 0) is 9.53 Å². The fourth-order valence-corrected chi connectivity index (χ4v) is 0.727. The zero-order valence-electron chi connectivity index (χ0n) is 7.30. The molecule has 0 aliphatic heterocycles. The Labute approximate surface area is 100 Å². The first kappa shape index (κ1) is 12.9. The van der Waals surface area contributed by atoms with Crippen molar-refractivity contribution in [2.45, 2.75) is 34.3 Å². The van der Waals surface area contributed by atoms with Crippen molar-refractivity contribution in [3.63, 3.8) is 0 Å². The molecule has 0 spiro atoms. The van der Waals surface area contributed by atoms with Gasteiger partial charge >= 0.3 is 5.97 Å². The third-order valence-electron chi connectivity index (χ3n) is 1.13. The van der Waals surface area contributed by atoms with E-state index in [4.69, 9.17) is 10.5 Å². The molecule has 3 nitrogen and oxygen atoms in total. The summed E-state index contributed by atoms with van der Waals surface area (Å²) in [5, 5.41) is 0. The van der Waals surface area contributed by atoms with E-state index >= 15 is 0 Å². The normalized spacial score (nSPS) is 16.8. The summed E-state index contributed by atoms with van der Waals surface area (Å²) in [6.07, 6.45) is 0. The smallest absolute Gasteiger partial charge is 0.323 e. The van der Waals surface area contributed by atoms with E-state index < -0.39 is 6.04 Å². The van der Waals surface area contributed by atoms with Crippen molar-refractivity contribution >= 4 is 51.2 Å². The molecule has 5 heteroatoms. The van der Waals surface area contributed by atoms with Crippen molar-refractivity contribution in [1.29, 1.82) is 0 Å². The van der Waals surface area contributed by atoms with Gasteiger partial charge in [-0.25, -0.2) is 0 Å². The zero-order chi connectivity index (χ0) is 9.94. The van der Waals surface area contributed by atoms with E-state index in [0.29, 0.717) is 0 Å². The monoisotopic (exact) mass is 397 g/mol. The molecule has 2 atom stereocenters. The van der Waals surface area contributed by atoms with Crippen molar-refractivity contribution in [2.24, 2.45) is 5.73 Å². The number of ether oxygens (including phenoxy) is 1. The average Bonchev–Trinajstić information content (AvgIpc) is 1.85. The molecule has 0 fully saturated rings. The summed E-state index contributed by atoms with van der Waals surface area (Å²) in [5.41, 5.74) is 5.35. The maximum absolute atomic E-state index is 11.0. The van der Waals surface area contributed by atoms with Gasteiger partial charge in [0.1, 0.15) is 6.04 Å². The first-order valence-electron chi connectivity index (χ1n) is 3.54.